The molecule has 0 aromatic heterocycles. The Morgan fingerprint density at radius 3 is 2.14 bits per heavy atom. The van der Waals surface area contributed by atoms with E-state index < -0.39 is 10.0 Å². The number of carbonyl (C=O) groups excluding carboxylic acids is 1. The molecule has 3 aromatic carbocycles. The van der Waals surface area contributed by atoms with Crippen LogP contribution < -0.4 is 10.0 Å². The van der Waals surface area contributed by atoms with E-state index in [1.165, 1.54) is 54.2 Å². The van der Waals surface area contributed by atoms with Crippen molar-refractivity contribution in [2.75, 3.05) is 16.3 Å². The number of halogens is 2. The Hall–Kier alpha value is -2.19. The summed E-state index contributed by atoms with van der Waals surface area (Å²) in [5.41, 5.74) is 1.29. The number of hydrogen-bond acceptors (Lipinski definition) is 4. The highest BCUT2D eigenvalue weighted by Crippen LogP contribution is 2.25. The Balaban J connectivity index is 1.76. The van der Waals surface area contributed by atoms with Crippen molar-refractivity contribution >= 4 is 62.3 Å². The van der Waals surface area contributed by atoms with Crippen LogP contribution in [0.15, 0.2) is 76.5 Å². The summed E-state index contributed by atoms with van der Waals surface area (Å²) >= 11 is 13.3. The van der Waals surface area contributed by atoms with Crippen molar-refractivity contribution in [1.29, 1.82) is 0 Å². The monoisotopic (exact) mass is 466 g/mol. The third-order valence-corrected chi connectivity index (χ3v) is 6.52. The fourth-order valence-electron chi connectivity index (χ4n) is 2.57. The molecule has 1 amide bonds. The number of thioether (sulfide) groups is 1. The first-order valence-corrected chi connectivity index (χ1v) is 11.8. The topological polar surface area (TPSA) is 75.3 Å². The minimum Gasteiger partial charge on any atom is -0.322 e. The van der Waals surface area contributed by atoms with Crippen LogP contribution in [0.25, 0.3) is 0 Å². The first kappa shape index (κ1) is 21.5. The van der Waals surface area contributed by atoms with E-state index in [4.69, 9.17) is 23.2 Å². The molecule has 0 radical (unpaired) electrons. The molecule has 2 N–H and O–H groups in total. The van der Waals surface area contributed by atoms with Crippen molar-refractivity contribution in [3.63, 3.8) is 0 Å². The van der Waals surface area contributed by atoms with E-state index in [-0.39, 0.29) is 16.5 Å². The Morgan fingerprint density at radius 1 is 0.897 bits per heavy atom. The van der Waals surface area contributed by atoms with Crippen LogP contribution in [0.2, 0.25) is 10.0 Å². The first-order valence-electron chi connectivity index (χ1n) is 8.32. The maximum absolute atomic E-state index is 12.6. The van der Waals surface area contributed by atoms with Gasteiger partial charge in [0.05, 0.1) is 16.1 Å². The average molecular weight is 467 g/mol. The molecule has 0 bridgehead atoms. The maximum Gasteiger partial charge on any atom is 0.261 e. The lowest BCUT2D eigenvalue weighted by atomic mass is 10.2. The number of sulfonamides is 1. The summed E-state index contributed by atoms with van der Waals surface area (Å²) in [6, 6.07) is 17.6. The van der Waals surface area contributed by atoms with Crippen LogP contribution in [0.1, 0.15) is 10.4 Å². The van der Waals surface area contributed by atoms with E-state index in [2.05, 4.69) is 10.0 Å². The summed E-state index contributed by atoms with van der Waals surface area (Å²) in [6.07, 6.45) is 1.89. The molecule has 9 heteroatoms. The van der Waals surface area contributed by atoms with Gasteiger partial charge in [0.15, 0.2) is 0 Å². The minimum absolute atomic E-state index is 0.0381. The van der Waals surface area contributed by atoms with Crippen LogP contribution in [-0.4, -0.2) is 20.6 Å². The fraction of sp³-hybridized carbons (Fsp3) is 0.0500. The number of amides is 1. The van der Waals surface area contributed by atoms with E-state index in [0.29, 0.717) is 21.3 Å². The smallest absolute Gasteiger partial charge is 0.261 e. The molecule has 29 heavy (non-hydrogen) atoms. The van der Waals surface area contributed by atoms with Crippen LogP contribution in [0.5, 0.6) is 0 Å². The van der Waals surface area contributed by atoms with E-state index in [1.54, 1.807) is 12.1 Å². The van der Waals surface area contributed by atoms with Crippen LogP contribution in [0.4, 0.5) is 11.4 Å². The highest BCUT2D eigenvalue weighted by molar-refractivity contribution is 7.98. The molecule has 5 nitrogen and oxygen atoms in total. The van der Waals surface area contributed by atoms with Gasteiger partial charge in [0.25, 0.3) is 15.9 Å². The number of nitrogens with one attached hydrogen (secondary N) is 2. The predicted octanol–water partition coefficient (Wildman–Crippen LogP) is 5.77. The molecular weight excluding hydrogens is 451 g/mol. The van der Waals surface area contributed by atoms with Crippen molar-refractivity contribution in [2.24, 2.45) is 0 Å². The second-order valence-electron chi connectivity index (χ2n) is 5.94. The molecule has 150 valence electrons. The number of carbonyl (C=O) groups is 1. The molecule has 0 saturated carbocycles. The van der Waals surface area contributed by atoms with E-state index in [0.717, 1.165) is 4.90 Å². The molecule has 3 aromatic rings. The Kier molecular flexibility index (Phi) is 6.74. The van der Waals surface area contributed by atoms with Gasteiger partial charge < -0.3 is 5.32 Å². The number of hydrogen-bond donors (Lipinski definition) is 2. The molecule has 0 fully saturated rings. The largest absolute Gasteiger partial charge is 0.322 e. The van der Waals surface area contributed by atoms with Gasteiger partial charge in [-0.1, -0.05) is 35.3 Å². The molecule has 0 heterocycles. The molecule has 0 atom stereocenters. The fourth-order valence-corrected chi connectivity index (χ4v) is 4.74. The zero-order chi connectivity index (χ0) is 21.0. The number of rotatable bonds is 6. The summed E-state index contributed by atoms with van der Waals surface area (Å²) in [5.74, 6) is -0.266. The second kappa shape index (κ2) is 9.09. The average Bonchev–Trinajstić information content (AvgIpc) is 2.67. The van der Waals surface area contributed by atoms with Gasteiger partial charge in [-0.15, -0.1) is 11.8 Å². The molecule has 0 aliphatic heterocycles. The zero-order valence-electron chi connectivity index (χ0n) is 15.1. The summed E-state index contributed by atoms with van der Waals surface area (Å²) < 4.78 is 27.6. The lowest BCUT2D eigenvalue weighted by molar-refractivity contribution is 0.102. The molecule has 0 unspecified atom stereocenters. The van der Waals surface area contributed by atoms with E-state index >= 15 is 0 Å². The van der Waals surface area contributed by atoms with Crippen molar-refractivity contribution in [3.05, 3.63) is 82.3 Å². The number of benzene rings is 3. The minimum atomic E-state index is -3.84. The third kappa shape index (κ3) is 5.45. The lowest BCUT2D eigenvalue weighted by Crippen LogP contribution is -2.14. The van der Waals surface area contributed by atoms with Gasteiger partial charge >= 0.3 is 0 Å². The van der Waals surface area contributed by atoms with Gasteiger partial charge in [-0.2, -0.15) is 0 Å². The zero-order valence-corrected chi connectivity index (χ0v) is 18.3. The Bertz CT molecular complexity index is 1130. The van der Waals surface area contributed by atoms with Gasteiger partial charge in [0, 0.05) is 20.6 Å². The predicted molar refractivity (Wildman–Crippen MR) is 120 cm³/mol. The molecular formula is C20H16Cl2N2O3S2. The molecule has 0 aliphatic rings. The molecule has 0 spiro atoms. The highest BCUT2D eigenvalue weighted by atomic mass is 35.5. The highest BCUT2D eigenvalue weighted by Gasteiger charge is 2.16. The quantitative estimate of drug-likeness (QED) is 0.452. The first-order chi connectivity index (χ1) is 13.8. The Morgan fingerprint density at radius 2 is 1.52 bits per heavy atom. The number of anilines is 2. The van der Waals surface area contributed by atoms with Gasteiger partial charge in [-0.25, -0.2) is 8.42 Å². The summed E-state index contributed by atoms with van der Waals surface area (Å²) in [5, 5.41) is 3.41. The van der Waals surface area contributed by atoms with Gasteiger partial charge in [0.2, 0.25) is 0 Å². The van der Waals surface area contributed by atoms with E-state index in [9.17, 15) is 13.2 Å². The van der Waals surface area contributed by atoms with Crippen molar-refractivity contribution in [3.8, 4) is 0 Å². The summed E-state index contributed by atoms with van der Waals surface area (Å²) in [7, 11) is -3.84. The SMILES string of the molecule is CSc1ccccc1C(=O)Nc1ccc(S(=O)(=O)Nc2cc(Cl)cc(Cl)c2)cc1. The summed E-state index contributed by atoms with van der Waals surface area (Å²) in [6.45, 7) is 0. The van der Waals surface area contributed by atoms with Crippen molar-refractivity contribution < 1.29 is 13.2 Å². The molecule has 3 rings (SSSR count). The summed E-state index contributed by atoms with van der Waals surface area (Å²) in [4.78, 5) is 13.4. The van der Waals surface area contributed by atoms with Crippen LogP contribution in [0.3, 0.4) is 0 Å². The second-order valence-corrected chi connectivity index (χ2v) is 9.35. The van der Waals surface area contributed by atoms with Gasteiger partial charge in [-0.05, 0) is 60.9 Å². The van der Waals surface area contributed by atoms with Gasteiger partial charge in [0.1, 0.15) is 0 Å². The maximum atomic E-state index is 12.6. The van der Waals surface area contributed by atoms with Crippen LogP contribution in [-0.2, 0) is 10.0 Å². The molecule has 0 saturated heterocycles. The standard InChI is InChI=1S/C20H16Cl2N2O3S2/c1-28-19-5-3-2-4-18(19)20(25)23-15-6-8-17(9-7-15)29(26,27)24-16-11-13(21)10-14(22)12-16/h2-12,24H,1H3,(H,23,25). The Labute approximate surface area is 183 Å². The van der Waals surface area contributed by atoms with E-state index in [1.807, 2.05) is 18.4 Å². The normalized spacial score (nSPS) is 11.1. The van der Waals surface area contributed by atoms with Gasteiger partial charge in [-0.3, -0.25) is 9.52 Å². The lowest BCUT2D eigenvalue weighted by Gasteiger charge is -2.11. The molecule has 0 aliphatic carbocycles. The van der Waals surface area contributed by atoms with Crippen LogP contribution >= 0.6 is 35.0 Å². The van der Waals surface area contributed by atoms with Crippen molar-refractivity contribution in [2.45, 2.75) is 9.79 Å². The third-order valence-electron chi connectivity index (χ3n) is 3.89. The van der Waals surface area contributed by atoms with Crippen LogP contribution in [0, 0.1) is 0 Å². The van der Waals surface area contributed by atoms with Crippen molar-refractivity contribution in [1.82, 2.24) is 0 Å².